The average Bonchev–Trinajstić information content (AvgIpc) is 2.69. The van der Waals surface area contributed by atoms with Gasteiger partial charge in [-0.2, -0.15) is 5.10 Å². The zero-order chi connectivity index (χ0) is 14.6. The van der Waals surface area contributed by atoms with Gasteiger partial charge in [0.15, 0.2) is 0 Å². The van der Waals surface area contributed by atoms with Crippen LogP contribution in [0.25, 0.3) is 0 Å². The highest BCUT2D eigenvalue weighted by molar-refractivity contribution is 5.74. The number of methoxy groups -OCH3 is 1. The highest BCUT2D eigenvalue weighted by Crippen LogP contribution is 2.21. The summed E-state index contributed by atoms with van der Waals surface area (Å²) in [7, 11) is 5.23. The van der Waals surface area contributed by atoms with Gasteiger partial charge >= 0.3 is 6.03 Å². The van der Waals surface area contributed by atoms with Crippen LogP contribution in [-0.4, -0.2) is 40.9 Å². The lowest BCUT2D eigenvalue weighted by Gasteiger charge is -2.21. The summed E-state index contributed by atoms with van der Waals surface area (Å²) in [5.41, 5.74) is 1.89. The lowest BCUT2D eigenvalue weighted by molar-refractivity contribution is 0.197. The summed E-state index contributed by atoms with van der Waals surface area (Å²) in [6.07, 6.45) is 0.808. The maximum Gasteiger partial charge on any atom is 0.317 e. The number of nitrogens with zero attached hydrogens (tertiary/aromatic N) is 3. The first-order valence-electron chi connectivity index (χ1n) is 6.51. The fourth-order valence-corrected chi connectivity index (χ4v) is 1.85. The van der Waals surface area contributed by atoms with E-state index in [1.165, 1.54) is 0 Å². The molecule has 0 aromatic carbocycles. The van der Waals surface area contributed by atoms with Crippen molar-refractivity contribution in [2.75, 3.05) is 14.2 Å². The molecule has 19 heavy (non-hydrogen) atoms. The Bertz CT molecular complexity index is 440. The van der Waals surface area contributed by atoms with Crippen molar-refractivity contribution < 1.29 is 9.53 Å². The molecule has 2 amide bonds. The Hall–Kier alpha value is -1.72. The van der Waals surface area contributed by atoms with E-state index in [1.807, 2.05) is 27.8 Å². The van der Waals surface area contributed by atoms with E-state index in [-0.39, 0.29) is 12.1 Å². The van der Waals surface area contributed by atoms with E-state index in [1.54, 1.807) is 23.7 Å². The third kappa shape index (κ3) is 3.39. The van der Waals surface area contributed by atoms with Gasteiger partial charge in [0.2, 0.25) is 5.88 Å². The van der Waals surface area contributed by atoms with E-state index in [4.69, 9.17) is 4.74 Å². The number of nitrogens with one attached hydrogen (secondary N) is 1. The number of hydrogen-bond donors (Lipinski definition) is 1. The Morgan fingerprint density at radius 3 is 2.63 bits per heavy atom. The molecular formula is C13H24N4O2. The van der Waals surface area contributed by atoms with Gasteiger partial charge in [-0.3, -0.25) is 0 Å². The van der Waals surface area contributed by atoms with Crippen molar-refractivity contribution in [1.82, 2.24) is 20.0 Å². The van der Waals surface area contributed by atoms with Crippen LogP contribution in [0.5, 0.6) is 5.88 Å². The standard InChI is InChI=1S/C13H24N4O2/c1-7-11-10(12(19-6)17(5)15-11)8-14-13(18)16(4)9(2)3/h9H,7-8H2,1-6H3,(H,14,18). The normalized spacial score (nSPS) is 10.7. The van der Waals surface area contributed by atoms with Crippen LogP contribution in [0, 0.1) is 0 Å². The van der Waals surface area contributed by atoms with Crippen LogP contribution in [0.2, 0.25) is 0 Å². The summed E-state index contributed by atoms with van der Waals surface area (Å²) in [5.74, 6) is 0.698. The Balaban J connectivity index is 2.80. The highest BCUT2D eigenvalue weighted by atomic mass is 16.5. The number of carbonyl (C=O) groups is 1. The van der Waals surface area contributed by atoms with E-state index >= 15 is 0 Å². The first-order chi connectivity index (χ1) is 8.92. The van der Waals surface area contributed by atoms with Gasteiger partial charge in [0.05, 0.1) is 24.9 Å². The van der Waals surface area contributed by atoms with E-state index in [0.29, 0.717) is 12.4 Å². The van der Waals surface area contributed by atoms with Crippen LogP contribution in [0.4, 0.5) is 4.79 Å². The highest BCUT2D eigenvalue weighted by Gasteiger charge is 2.18. The fraction of sp³-hybridized carbons (Fsp3) is 0.692. The van der Waals surface area contributed by atoms with Crippen molar-refractivity contribution in [2.45, 2.75) is 39.8 Å². The van der Waals surface area contributed by atoms with Crippen molar-refractivity contribution >= 4 is 6.03 Å². The number of carbonyl (C=O) groups excluding carboxylic acids is 1. The second kappa shape index (κ2) is 6.45. The molecule has 0 aliphatic heterocycles. The van der Waals surface area contributed by atoms with Gasteiger partial charge in [0.25, 0.3) is 0 Å². The maximum absolute atomic E-state index is 11.9. The summed E-state index contributed by atoms with van der Waals surface area (Å²) < 4.78 is 7.04. The number of urea groups is 1. The minimum Gasteiger partial charge on any atom is -0.481 e. The topological polar surface area (TPSA) is 59.4 Å². The smallest absolute Gasteiger partial charge is 0.317 e. The van der Waals surface area contributed by atoms with Gasteiger partial charge in [0.1, 0.15) is 0 Å². The second-order valence-electron chi connectivity index (χ2n) is 4.78. The van der Waals surface area contributed by atoms with Crippen LogP contribution >= 0.6 is 0 Å². The third-order valence-electron chi connectivity index (χ3n) is 3.21. The van der Waals surface area contributed by atoms with Gasteiger partial charge in [0, 0.05) is 20.1 Å². The van der Waals surface area contributed by atoms with E-state index < -0.39 is 0 Å². The lowest BCUT2D eigenvalue weighted by atomic mass is 10.2. The van der Waals surface area contributed by atoms with E-state index in [0.717, 1.165) is 17.7 Å². The molecular weight excluding hydrogens is 244 g/mol. The van der Waals surface area contributed by atoms with Crippen LogP contribution in [0.3, 0.4) is 0 Å². The molecule has 0 atom stereocenters. The zero-order valence-corrected chi connectivity index (χ0v) is 12.6. The predicted molar refractivity (Wildman–Crippen MR) is 74.3 cm³/mol. The van der Waals surface area contributed by atoms with Crippen LogP contribution in [0.15, 0.2) is 0 Å². The number of aromatic nitrogens is 2. The van der Waals surface area contributed by atoms with Gasteiger partial charge in [-0.1, -0.05) is 6.92 Å². The van der Waals surface area contributed by atoms with Crippen molar-refractivity contribution in [3.8, 4) is 5.88 Å². The molecule has 0 radical (unpaired) electrons. The van der Waals surface area contributed by atoms with Crippen LogP contribution in [0.1, 0.15) is 32.0 Å². The summed E-state index contributed by atoms with van der Waals surface area (Å²) in [6, 6.07) is 0.0735. The molecule has 0 aliphatic rings. The summed E-state index contributed by atoms with van der Waals surface area (Å²) >= 11 is 0. The maximum atomic E-state index is 11.9. The molecule has 0 fully saturated rings. The second-order valence-corrected chi connectivity index (χ2v) is 4.78. The average molecular weight is 268 g/mol. The molecule has 0 saturated carbocycles. The molecule has 0 aliphatic carbocycles. The first kappa shape index (κ1) is 15.3. The molecule has 6 heteroatoms. The molecule has 108 valence electrons. The van der Waals surface area contributed by atoms with E-state index in [2.05, 4.69) is 10.4 Å². The molecule has 0 spiro atoms. The molecule has 0 saturated heterocycles. The molecule has 1 rings (SSSR count). The Kier molecular flexibility index (Phi) is 5.20. The van der Waals surface area contributed by atoms with Crippen molar-refractivity contribution in [1.29, 1.82) is 0 Å². The predicted octanol–water partition coefficient (Wildman–Crippen LogP) is 1.54. The fourth-order valence-electron chi connectivity index (χ4n) is 1.85. The quantitative estimate of drug-likeness (QED) is 0.881. The van der Waals surface area contributed by atoms with Crippen molar-refractivity contribution in [2.24, 2.45) is 7.05 Å². The number of ether oxygens (including phenoxy) is 1. The minimum absolute atomic E-state index is 0.0945. The van der Waals surface area contributed by atoms with Crippen LogP contribution < -0.4 is 10.1 Å². The Labute approximate surface area is 114 Å². The largest absolute Gasteiger partial charge is 0.481 e. The first-order valence-corrected chi connectivity index (χ1v) is 6.51. The molecule has 0 unspecified atom stereocenters. The summed E-state index contributed by atoms with van der Waals surface area (Å²) in [5, 5.41) is 7.28. The molecule has 1 aromatic rings. The Morgan fingerprint density at radius 1 is 1.53 bits per heavy atom. The SMILES string of the molecule is CCc1nn(C)c(OC)c1CNC(=O)N(C)C(C)C. The molecule has 1 heterocycles. The third-order valence-corrected chi connectivity index (χ3v) is 3.21. The number of aryl methyl sites for hydroxylation is 2. The summed E-state index contributed by atoms with van der Waals surface area (Å²) in [6.45, 7) is 6.41. The number of rotatable bonds is 5. The molecule has 0 bridgehead atoms. The molecule has 6 nitrogen and oxygen atoms in total. The number of amides is 2. The Morgan fingerprint density at radius 2 is 2.16 bits per heavy atom. The van der Waals surface area contributed by atoms with Crippen molar-refractivity contribution in [3.05, 3.63) is 11.3 Å². The lowest BCUT2D eigenvalue weighted by Crippen LogP contribution is -2.40. The van der Waals surface area contributed by atoms with Crippen LogP contribution in [-0.2, 0) is 20.0 Å². The van der Waals surface area contributed by atoms with Gasteiger partial charge in [-0.15, -0.1) is 0 Å². The summed E-state index contributed by atoms with van der Waals surface area (Å²) in [4.78, 5) is 13.6. The van der Waals surface area contributed by atoms with Gasteiger partial charge in [-0.05, 0) is 20.3 Å². The van der Waals surface area contributed by atoms with E-state index in [9.17, 15) is 4.79 Å². The van der Waals surface area contributed by atoms with Gasteiger partial charge in [-0.25, -0.2) is 9.48 Å². The minimum atomic E-state index is -0.0945. The zero-order valence-electron chi connectivity index (χ0n) is 12.6. The number of hydrogen-bond acceptors (Lipinski definition) is 3. The molecule has 1 N–H and O–H groups in total. The van der Waals surface area contributed by atoms with Crippen molar-refractivity contribution in [3.63, 3.8) is 0 Å². The monoisotopic (exact) mass is 268 g/mol. The molecule has 1 aromatic heterocycles. The van der Waals surface area contributed by atoms with Gasteiger partial charge < -0.3 is 15.0 Å².